The highest BCUT2D eigenvalue weighted by molar-refractivity contribution is 5.66. The number of rotatable bonds is 3. The molecule has 0 fully saturated rings. The van der Waals surface area contributed by atoms with Crippen molar-refractivity contribution >= 4 is 11.7 Å². The number of esters is 1. The number of hydrogen-bond acceptors (Lipinski definition) is 5. The topological polar surface area (TPSA) is 93.2 Å². The molecule has 6 nitrogen and oxygen atoms in total. The molecule has 0 aromatic heterocycles. The third-order valence-electron chi connectivity index (χ3n) is 1.81. The molecule has 1 atom stereocenters. The van der Waals surface area contributed by atoms with E-state index in [1.807, 2.05) is 0 Å². The summed E-state index contributed by atoms with van der Waals surface area (Å²) >= 11 is 0. The molecule has 0 spiro atoms. The minimum atomic E-state index is -1.03. The van der Waals surface area contributed by atoms with Gasteiger partial charge >= 0.3 is 5.97 Å². The number of nitrogens with zero attached hydrogens (tertiary/aromatic N) is 2. The molecule has 0 saturated carbocycles. The third-order valence-corrected chi connectivity index (χ3v) is 1.81. The van der Waals surface area contributed by atoms with Crippen molar-refractivity contribution in [3.05, 3.63) is 39.9 Å². The maximum Gasteiger partial charge on any atom is 0.304 e. The summed E-state index contributed by atoms with van der Waals surface area (Å²) < 4.78 is 4.72. The smallest absolute Gasteiger partial charge is 0.304 e. The van der Waals surface area contributed by atoms with Crippen molar-refractivity contribution < 1.29 is 14.5 Å². The molecule has 0 radical (unpaired) electrons. The lowest BCUT2D eigenvalue weighted by Crippen LogP contribution is -2.06. The lowest BCUT2D eigenvalue weighted by atomic mass is 10.1. The zero-order valence-electron chi connectivity index (χ0n) is 8.41. The van der Waals surface area contributed by atoms with E-state index in [9.17, 15) is 14.9 Å². The number of nitriles is 1. The molecule has 0 amide bonds. The normalized spacial score (nSPS) is 11.2. The van der Waals surface area contributed by atoms with Crippen LogP contribution in [0.15, 0.2) is 24.3 Å². The molecule has 0 aliphatic carbocycles. The van der Waals surface area contributed by atoms with Crippen LogP contribution in [0.4, 0.5) is 5.69 Å². The number of carbonyl (C=O) groups is 1. The molecule has 6 heteroatoms. The first kappa shape index (κ1) is 11.7. The summed E-state index contributed by atoms with van der Waals surface area (Å²) in [5, 5.41) is 19.1. The van der Waals surface area contributed by atoms with Crippen molar-refractivity contribution in [2.75, 3.05) is 0 Å². The predicted molar refractivity (Wildman–Crippen MR) is 53.2 cm³/mol. The summed E-state index contributed by atoms with van der Waals surface area (Å²) in [7, 11) is 0. The standard InChI is InChI=1S/C10H8N2O4/c1-7(13)16-10(6-11)8-2-4-9(5-3-8)12(14)15/h2-5,10H,1H3/t10-/m1/s1. The SMILES string of the molecule is CC(=O)O[C@H](C#N)c1ccc([N+](=O)[O-])cc1. The molecule has 0 saturated heterocycles. The van der Waals surface area contributed by atoms with Gasteiger partial charge in [-0.2, -0.15) is 5.26 Å². The lowest BCUT2D eigenvalue weighted by Gasteiger charge is -2.08. The van der Waals surface area contributed by atoms with Crippen molar-refractivity contribution in [2.24, 2.45) is 0 Å². The second-order valence-electron chi connectivity index (χ2n) is 2.97. The molecular weight excluding hydrogens is 212 g/mol. The van der Waals surface area contributed by atoms with Crippen molar-refractivity contribution in [3.8, 4) is 6.07 Å². The molecular formula is C10H8N2O4. The Morgan fingerprint density at radius 3 is 2.44 bits per heavy atom. The molecule has 1 rings (SSSR count). The molecule has 0 heterocycles. The van der Waals surface area contributed by atoms with Gasteiger partial charge in [0.25, 0.3) is 5.69 Å². The van der Waals surface area contributed by atoms with Gasteiger partial charge < -0.3 is 4.74 Å². The van der Waals surface area contributed by atoms with Crippen LogP contribution in [0.3, 0.4) is 0 Å². The highest BCUT2D eigenvalue weighted by atomic mass is 16.6. The van der Waals surface area contributed by atoms with Gasteiger partial charge in [-0.1, -0.05) is 0 Å². The van der Waals surface area contributed by atoms with Crippen LogP contribution in [-0.2, 0) is 9.53 Å². The van der Waals surface area contributed by atoms with Crippen LogP contribution in [0.1, 0.15) is 18.6 Å². The average molecular weight is 220 g/mol. The van der Waals surface area contributed by atoms with Gasteiger partial charge in [0.2, 0.25) is 6.10 Å². The number of carbonyl (C=O) groups excluding carboxylic acids is 1. The Hall–Kier alpha value is -2.42. The summed E-state index contributed by atoms with van der Waals surface area (Å²) in [4.78, 5) is 20.5. The maximum atomic E-state index is 10.7. The quantitative estimate of drug-likeness (QED) is 0.439. The van der Waals surface area contributed by atoms with Crippen LogP contribution >= 0.6 is 0 Å². The van der Waals surface area contributed by atoms with Crippen LogP contribution in [0, 0.1) is 21.4 Å². The predicted octanol–water partition coefficient (Wildman–Crippen LogP) is 1.72. The number of nitro benzene ring substituents is 1. The Labute approximate surface area is 91.2 Å². The van der Waals surface area contributed by atoms with Crippen molar-refractivity contribution in [1.29, 1.82) is 5.26 Å². The summed E-state index contributed by atoms with van der Waals surface area (Å²) in [6.07, 6.45) is -1.03. The number of non-ortho nitro benzene ring substituents is 1. The molecule has 82 valence electrons. The summed E-state index contributed by atoms with van der Waals surface area (Å²) in [6.45, 7) is 1.19. The Balaban J connectivity index is 2.91. The van der Waals surface area contributed by atoms with E-state index < -0.39 is 17.0 Å². The van der Waals surface area contributed by atoms with E-state index in [1.165, 1.54) is 31.2 Å². The van der Waals surface area contributed by atoms with Crippen molar-refractivity contribution in [2.45, 2.75) is 13.0 Å². The number of hydrogen-bond donors (Lipinski definition) is 0. The number of benzene rings is 1. The zero-order chi connectivity index (χ0) is 12.1. The van der Waals surface area contributed by atoms with Crippen LogP contribution in [-0.4, -0.2) is 10.9 Å². The molecule has 16 heavy (non-hydrogen) atoms. The molecule has 1 aromatic carbocycles. The fourth-order valence-electron chi connectivity index (χ4n) is 1.11. The summed E-state index contributed by atoms with van der Waals surface area (Å²) in [5.41, 5.74) is 0.326. The summed E-state index contributed by atoms with van der Waals surface area (Å²) in [6, 6.07) is 7.06. The summed E-state index contributed by atoms with van der Waals surface area (Å²) in [5.74, 6) is -0.579. The first-order valence-electron chi connectivity index (χ1n) is 4.36. The van der Waals surface area contributed by atoms with Gasteiger partial charge in [0.1, 0.15) is 6.07 Å². The minimum absolute atomic E-state index is 0.0803. The molecule has 0 bridgehead atoms. The van der Waals surface area contributed by atoms with Crippen LogP contribution in [0.25, 0.3) is 0 Å². The van der Waals surface area contributed by atoms with E-state index in [-0.39, 0.29) is 5.69 Å². The van der Waals surface area contributed by atoms with E-state index in [1.54, 1.807) is 6.07 Å². The van der Waals surface area contributed by atoms with Crippen molar-refractivity contribution in [1.82, 2.24) is 0 Å². The first-order valence-corrected chi connectivity index (χ1v) is 4.36. The van der Waals surface area contributed by atoms with Gasteiger partial charge in [-0.05, 0) is 12.1 Å². The van der Waals surface area contributed by atoms with Gasteiger partial charge in [0, 0.05) is 24.6 Å². The monoisotopic (exact) mass is 220 g/mol. The van der Waals surface area contributed by atoms with E-state index in [4.69, 9.17) is 10.00 Å². The second-order valence-corrected chi connectivity index (χ2v) is 2.97. The van der Waals surface area contributed by atoms with E-state index in [0.29, 0.717) is 5.56 Å². The van der Waals surface area contributed by atoms with Crippen LogP contribution in [0.5, 0.6) is 0 Å². The Kier molecular flexibility index (Phi) is 3.56. The Bertz CT molecular complexity index is 447. The molecule has 0 aliphatic rings. The molecule has 0 aliphatic heterocycles. The highest BCUT2D eigenvalue weighted by Crippen LogP contribution is 2.20. The average Bonchev–Trinajstić information content (AvgIpc) is 2.25. The van der Waals surface area contributed by atoms with Gasteiger partial charge in [-0.25, -0.2) is 0 Å². The minimum Gasteiger partial charge on any atom is -0.442 e. The van der Waals surface area contributed by atoms with Crippen LogP contribution in [0.2, 0.25) is 0 Å². The largest absolute Gasteiger partial charge is 0.442 e. The highest BCUT2D eigenvalue weighted by Gasteiger charge is 2.14. The van der Waals surface area contributed by atoms with E-state index in [2.05, 4.69) is 0 Å². The molecule has 0 unspecified atom stereocenters. The van der Waals surface area contributed by atoms with E-state index in [0.717, 1.165) is 0 Å². The molecule has 1 aromatic rings. The van der Waals surface area contributed by atoms with Gasteiger partial charge in [0.15, 0.2) is 0 Å². The third kappa shape index (κ3) is 2.78. The number of ether oxygens (including phenoxy) is 1. The number of nitro groups is 1. The van der Waals surface area contributed by atoms with Gasteiger partial charge in [-0.15, -0.1) is 0 Å². The lowest BCUT2D eigenvalue weighted by molar-refractivity contribution is -0.384. The Morgan fingerprint density at radius 1 is 1.50 bits per heavy atom. The van der Waals surface area contributed by atoms with Crippen molar-refractivity contribution in [3.63, 3.8) is 0 Å². The molecule has 0 N–H and O–H groups in total. The van der Waals surface area contributed by atoms with E-state index >= 15 is 0 Å². The fourth-order valence-corrected chi connectivity index (χ4v) is 1.11. The van der Waals surface area contributed by atoms with Gasteiger partial charge in [-0.3, -0.25) is 14.9 Å². The first-order chi connectivity index (χ1) is 7.54. The maximum absolute atomic E-state index is 10.7. The Morgan fingerprint density at radius 2 is 2.06 bits per heavy atom. The van der Waals surface area contributed by atoms with Crippen LogP contribution < -0.4 is 0 Å². The zero-order valence-corrected chi connectivity index (χ0v) is 8.41. The second kappa shape index (κ2) is 4.89. The fraction of sp³-hybridized carbons (Fsp3) is 0.200. The van der Waals surface area contributed by atoms with Gasteiger partial charge in [0.05, 0.1) is 4.92 Å².